The fourth-order valence-corrected chi connectivity index (χ4v) is 4.36. The highest BCUT2D eigenvalue weighted by atomic mass is 16.4. The second-order valence-electron chi connectivity index (χ2n) is 8.06. The Morgan fingerprint density at radius 1 is 1.18 bits per heavy atom. The van der Waals surface area contributed by atoms with Crippen LogP contribution >= 0.6 is 0 Å². The van der Waals surface area contributed by atoms with Gasteiger partial charge in [0.25, 0.3) is 0 Å². The maximum Gasteiger partial charge on any atom is 0.312 e. The van der Waals surface area contributed by atoms with E-state index in [4.69, 9.17) is 9.52 Å². The van der Waals surface area contributed by atoms with Crippen molar-refractivity contribution in [3.05, 3.63) is 83.3 Å². The molecule has 164 valence electrons. The minimum atomic E-state index is -0.470. The molecule has 0 spiro atoms. The second kappa shape index (κ2) is 7.37. The molecule has 5 aromatic heterocycles. The van der Waals surface area contributed by atoms with E-state index in [1.54, 1.807) is 23.5 Å². The number of carbonyl (C=O) groups excluding carboxylic acids is 1. The third kappa shape index (κ3) is 3.10. The minimum Gasteiger partial charge on any atom is -0.412 e. The molecule has 1 N–H and O–H groups in total. The van der Waals surface area contributed by atoms with Crippen molar-refractivity contribution in [3.63, 3.8) is 0 Å². The van der Waals surface area contributed by atoms with Crippen molar-refractivity contribution in [1.29, 1.82) is 0 Å². The van der Waals surface area contributed by atoms with Gasteiger partial charge in [-0.25, -0.2) is 9.50 Å². The summed E-state index contributed by atoms with van der Waals surface area (Å²) in [6.07, 6.45) is 5.89. The van der Waals surface area contributed by atoms with E-state index in [-0.39, 0.29) is 17.7 Å². The summed E-state index contributed by atoms with van der Waals surface area (Å²) in [4.78, 5) is 27.2. The van der Waals surface area contributed by atoms with Crippen LogP contribution in [0.4, 0.5) is 0 Å². The molecule has 0 aliphatic carbocycles. The standard InChI is InChI=1S/C23H20N8O2/c1-13-5-4-9-31-18(13)11-17(29-31)20-19-16(25-12-26-19)7-10-30(20)23(32)22-28-27-21(33-22)15-6-3-8-24-14(15)2/h3-6,8-9,11-12,20H,7,10H2,1-2H3,(H,25,26)/t20-/m1/s1. The van der Waals surface area contributed by atoms with Crippen molar-refractivity contribution in [1.82, 2.24) is 39.7 Å². The molecule has 6 heterocycles. The minimum absolute atomic E-state index is 0.0721. The van der Waals surface area contributed by atoms with Crippen LogP contribution in [0.25, 0.3) is 17.0 Å². The summed E-state index contributed by atoms with van der Waals surface area (Å²) < 4.78 is 7.61. The first-order chi connectivity index (χ1) is 16.1. The molecular formula is C23H20N8O2. The number of H-pyrrole nitrogens is 1. The van der Waals surface area contributed by atoms with Gasteiger partial charge in [0, 0.05) is 36.7 Å². The summed E-state index contributed by atoms with van der Waals surface area (Å²) in [6, 6.07) is 9.14. The van der Waals surface area contributed by atoms with E-state index in [2.05, 4.69) is 25.1 Å². The summed E-state index contributed by atoms with van der Waals surface area (Å²) in [5.41, 5.74) is 6.03. The number of amides is 1. The van der Waals surface area contributed by atoms with Crippen LogP contribution in [0.5, 0.6) is 0 Å². The molecule has 0 unspecified atom stereocenters. The number of aromatic nitrogens is 7. The van der Waals surface area contributed by atoms with Gasteiger partial charge in [0.1, 0.15) is 6.04 Å². The quantitative estimate of drug-likeness (QED) is 0.458. The van der Waals surface area contributed by atoms with Crippen LogP contribution < -0.4 is 0 Å². The Balaban J connectivity index is 1.41. The van der Waals surface area contributed by atoms with Crippen molar-refractivity contribution in [2.75, 3.05) is 6.54 Å². The number of nitrogens with one attached hydrogen (secondary N) is 1. The third-order valence-electron chi connectivity index (χ3n) is 6.04. The summed E-state index contributed by atoms with van der Waals surface area (Å²) in [5, 5.41) is 12.9. The van der Waals surface area contributed by atoms with Gasteiger partial charge in [-0.3, -0.25) is 9.78 Å². The van der Waals surface area contributed by atoms with Crippen molar-refractivity contribution in [3.8, 4) is 11.5 Å². The van der Waals surface area contributed by atoms with Crippen LogP contribution in [0.15, 0.2) is 53.5 Å². The molecule has 0 radical (unpaired) electrons. The first-order valence-corrected chi connectivity index (χ1v) is 10.6. The second-order valence-corrected chi connectivity index (χ2v) is 8.06. The van der Waals surface area contributed by atoms with Crippen molar-refractivity contribution in [2.45, 2.75) is 26.3 Å². The number of imidazole rings is 1. The number of rotatable bonds is 3. The van der Waals surface area contributed by atoms with E-state index in [0.29, 0.717) is 18.5 Å². The molecule has 1 amide bonds. The number of carbonyl (C=O) groups is 1. The Bertz CT molecular complexity index is 1500. The Hall–Kier alpha value is -4.34. The number of hydrogen-bond donors (Lipinski definition) is 1. The zero-order chi connectivity index (χ0) is 22.5. The zero-order valence-electron chi connectivity index (χ0n) is 18.1. The molecule has 1 aliphatic rings. The predicted octanol–water partition coefficient (Wildman–Crippen LogP) is 2.91. The van der Waals surface area contributed by atoms with Gasteiger partial charge in [-0.1, -0.05) is 6.07 Å². The normalized spacial score (nSPS) is 15.7. The number of hydrogen-bond acceptors (Lipinski definition) is 7. The lowest BCUT2D eigenvalue weighted by molar-refractivity contribution is 0.0646. The molecule has 1 aliphatic heterocycles. The van der Waals surface area contributed by atoms with Crippen LogP contribution in [0, 0.1) is 13.8 Å². The average Bonchev–Trinajstić information content (AvgIpc) is 3.57. The van der Waals surface area contributed by atoms with Gasteiger partial charge >= 0.3 is 11.8 Å². The monoisotopic (exact) mass is 440 g/mol. The first-order valence-electron chi connectivity index (χ1n) is 10.6. The van der Waals surface area contributed by atoms with Crippen LogP contribution in [-0.4, -0.2) is 52.1 Å². The van der Waals surface area contributed by atoms with Crippen LogP contribution in [0.1, 0.15) is 45.1 Å². The van der Waals surface area contributed by atoms with Crippen molar-refractivity contribution in [2.24, 2.45) is 0 Å². The fourth-order valence-electron chi connectivity index (χ4n) is 4.36. The Morgan fingerprint density at radius 2 is 2.09 bits per heavy atom. The van der Waals surface area contributed by atoms with E-state index < -0.39 is 6.04 Å². The Morgan fingerprint density at radius 3 is 2.94 bits per heavy atom. The summed E-state index contributed by atoms with van der Waals surface area (Å²) >= 11 is 0. The first kappa shape index (κ1) is 19.4. The van der Waals surface area contributed by atoms with Gasteiger partial charge in [-0.05, 0) is 43.7 Å². The molecule has 0 saturated carbocycles. The van der Waals surface area contributed by atoms with Gasteiger partial charge in [0.15, 0.2) is 0 Å². The van der Waals surface area contributed by atoms with E-state index in [1.165, 1.54) is 0 Å². The van der Waals surface area contributed by atoms with Crippen LogP contribution in [0.3, 0.4) is 0 Å². The zero-order valence-corrected chi connectivity index (χ0v) is 18.1. The molecule has 6 rings (SSSR count). The molecule has 1 atom stereocenters. The van der Waals surface area contributed by atoms with Crippen molar-refractivity contribution >= 4 is 11.4 Å². The van der Waals surface area contributed by atoms with Gasteiger partial charge in [-0.15, -0.1) is 10.2 Å². The summed E-state index contributed by atoms with van der Waals surface area (Å²) in [6.45, 7) is 4.35. The maximum atomic E-state index is 13.6. The Labute approximate surface area is 188 Å². The van der Waals surface area contributed by atoms with Gasteiger partial charge in [0.2, 0.25) is 5.89 Å². The number of fused-ring (bicyclic) bond motifs is 2. The lowest BCUT2D eigenvalue weighted by atomic mass is 9.99. The van der Waals surface area contributed by atoms with Crippen molar-refractivity contribution < 1.29 is 9.21 Å². The van der Waals surface area contributed by atoms with E-state index >= 15 is 0 Å². The average molecular weight is 440 g/mol. The van der Waals surface area contributed by atoms with Gasteiger partial charge in [0.05, 0.1) is 28.8 Å². The fraction of sp³-hybridized carbons (Fsp3) is 0.217. The third-order valence-corrected chi connectivity index (χ3v) is 6.04. The highest BCUT2D eigenvalue weighted by molar-refractivity contribution is 5.90. The van der Waals surface area contributed by atoms with Crippen LogP contribution in [-0.2, 0) is 6.42 Å². The number of nitrogens with zero attached hydrogens (tertiary/aromatic N) is 7. The lowest BCUT2D eigenvalue weighted by Gasteiger charge is -2.32. The van der Waals surface area contributed by atoms with E-state index in [9.17, 15) is 4.79 Å². The smallest absolute Gasteiger partial charge is 0.312 e. The lowest BCUT2D eigenvalue weighted by Crippen LogP contribution is -2.41. The highest BCUT2D eigenvalue weighted by Gasteiger charge is 2.38. The highest BCUT2D eigenvalue weighted by Crippen LogP contribution is 2.34. The largest absolute Gasteiger partial charge is 0.412 e. The molecular weight excluding hydrogens is 420 g/mol. The Kier molecular flexibility index (Phi) is 4.32. The molecule has 0 fully saturated rings. The van der Waals surface area contributed by atoms with E-state index in [1.807, 2.05) is 48.8 Å². The number of aryl methyl sites for hydroxylation is 2. The number of aromatic amines is 1. The van der Waals surface area contributed by atoms with Gasteiger partial charge < -0.3 is 14.3 Å². The van der Waals surface area contributed by atoms with Crippen LogP contribution in [0.2, 0.25) is 0 Å². The maximum absolute atomic E-state index is 13.6. The van der Waals surface area contributed by atoms with E-state index in [0.717, 1.165) is 33.9 Å². The molecule has 0 saturated heterocycles. The topological polar surface area (TPSA) is 118 Å². The SMILES string of the molecule is Cc1ncccc1-c1nnc(C(=O)N2CCc3[nH]cnc3[C@H]2c2cc3c(C)cccn3n2)o1. The molecule has 10 heteroatoms. The predicted molar refractivity (Wildman–Crippen MR) is 117 cm³/mol. The molecule has 10 nitrogen and oxygen atoms in total. The summed E-state index contributed by atoms with van der Waals surface area (Å²) in [7, 11) is 0. The number of pyridine rings is 2. The molecule has 0 bridgehead atoms. The molecule has 5 aromatic rings. The molecule has 33 heavy (non-hydrogen) atoms. The summed E-state index contributed by atoms with van der Waals surface area (Å²) in [5.74, 6) is -0.166. The van der Waals surface area contributed by atoms with Gasteiger partial charge in [-0.2, -0.15) is 5.10 Å². The molecule has 0 aromatic carbocycles.